The van der Waals surface area contributed by atoms with Gasteiger partial charge in [-0.15, -0.1) is 0 Å². The Morgan fingerprint density at radius 2 is 1.70 bits per heavy atom. The zero-order valence-electron chi connectivity index (χ0n) is 13.8. The van der Waals surface area contributed by atoms with Gasteiger partial charge in [-0.3, -0.25) is 14.6 Å². The first kappa shape index (κ1) is 24.4. The van der Waals surface area contributed by atoms with Crippen LogP contribution >= 0.6 is 0 Å². The molecule has 0 aromatic rings. The Bertz CT molecular complexity index is 297. The summed E-state index contributed by atoms with van der Waals surface area (Å²) in [5.74, 6) is -1.59. The summed E-state index contributed by atoms with van der Waals surface area (Å²) in [7, 11) is 0. The molecule has 0 heterocycles. The minimum atomic E-state index is -0.843. The first-order chi connectivity index (χ1) is 9.04. The number of carbonyl (C=O) groups is 2. The van der Waals surface area contributed by atoms with E-state index in [4.69, 9.17) is 10.2 Å². The maximum Gasteiger partial charge on any atom is 1.00 e. The fraction of sp³-hybridized carbons (Fsp3) is 0.643. The summed E-state index contributed by atoms with van der Waals surface area (Å²) in [4.78, 5) is 23.3. The molecule has 0 aliphatic heterocycles. The molecule has 0 radical (unpaired) electrons. The summed E-state index contributed by atoms with van der Waals surface area (Å²) in [6, 6.07) is 0. The van der Waals surface area contributed by atoms with Crippen molar-refractivity contribution in [2.45, 2.75) is 58.8 Å². The van der Waals surface area contributed by atoms with Gasteiger partial charge in [-0.2, -0.15) is 0 Å². The van der Waals surface area contributed by atoms with Gasteiger partial charge < -0.3 is 11.6 Å². The van der Waals surface area contributed by atoms with E-state index in [0.717, 1.165) is 6.42 Å². The number of allylic oxidation sites excluding steroid dienone is 1. The van der Waals surface area contributed by atoms with Crippen LogP contribution in [0.15, 0.2) is 17.3 Å². The van der Waals surface area contributed by atoms with Crippen molar-refractivity contribution in [1.29, 1.82) is 0 Å². The van der Waals surface area contributed by atoms with Gasteiger partial charge in [-0.25, -0.2) is 0 Å². The van der Waals surface area contributed by atoms with E-state index in [1.165, 1.54) is 31.9 Å². The minimum Gasteiger partial charge on any atom is -1.00 e. The Hall–Kier alpha value is -0.650. The third-order valence-electron chi connectivity index (χ3n) is 2.09. The van der Waals surface area contributed by atoms with E-state index in [0.29, 0.717) is 0 Å². The maximum absolute atomic E-state index is 10.1. The molecule has 6 heteroatoms. The molecule has 0 atom stereocenters. The molecule has 0 saturated heterocycles. The average Bonchev–Trinajstić information content (AvgIpc) is 2.37. The molecule has 0 bridgehead atoms. The Labute approximate surface area is 145 Å². The largest absolute Gasteiger partial charge is 1.00 e. The SMILES string of the molecule is CCC(=O)O.CCCCCCC=CN=CCC(=O)O.[H-].[Na+]. The molecule has 0 unspecified atom stereocenters. The molecule has 0 aromatic heterocycles. The molecule has 0 amide bonds. The van der Waals surface area contributed by atoms with E-state index in [2.05, 4.69) is 11.9 Å². The van der Waals surface area contributed by atoms with Crippen LogP contribution in [0.4, 0.5) is 0 Å². The zero-order valence-corrected chi connectivity index (χ0v) is 14.8. The molecule has 0 saturated carbocycles. The van der Waals surface area contributed by atoms with Crippen molar-refractivity contribution in [2.75, 3.05) is 0 Å². The summed E-state index contributed by atoms with van der Waals surface area (Å²) in [6.45, 7) is 3.79. The molecule has 0 aliphatic rings. The van der Waals surface area contributed by atoms with Crippen LogP contribution in [-0.4, -0.2) is 28.4 Å². The number of nitrogens with zero attached hydrogens (tertiary/aromatic N) is 1. The third-order valence-corrected chi connectivity index (χ3v) is 2.09. The van der Waals surface area contributed by atoms with E-state index in [1.807, 2.05) is 6.08 Å². The smallest absolute Gasteiger partial charge is 1.00 e. The average molecular weight is 295 g/mol. The predicted molar refractivity (Wildman–Crippen MR) is 77.7 cm³/mol. The first-order valence-electron chi connectivity index (χ1n) is 6.64. The van der Waals surface area contributed by atoms with Gasteiger partial charge in [-0.1, -0.05) is 39.2 Å². The minimum absolute atomic E-state index is 0. The predicted octanol–water partition coefficient (Wildman–Crippen LogP) is 0.614. The number of aliphatic imine (C=N–C) groups is 1. The van der Waals surface area contributed by atoms with Crippen LogP contribution < -0.4 is 29.6 Å². The van der Waals surface area contributed by atoms with Gasteiger partial charge in [0.25, 0.3) is 0 Å². The van der Waals surface area contributed by atoms with Crippen molar-refractivity contribution >= 4 is 18.2 Å². The van der Waals surface area contributed by atoms with Crippen LogP contribution in [0.1, 0.15) is 60.2 Å². The van der Waals surface area contributed by atoms with Crippen molar-refractivity contribution < 1.29 is 50.8 Å². The molecule has 0 aliphatic carbocycles. The van der Waals surface area contributed by atoms with Crippen molar-refractivity contribution in [2.24, 2.45) is 4.99 Å². The molecule has 0 fully saturated rings. The number of carboxylic acids is 2. The van der Waals surface area contributed by atoms with Gasteiger partial charge in [0.1, 0.15) is 0 Å². The van der Waals surface area contributed by atoms with E-state index < -0.39 is 11.9 Å². The van der Waals surface area contributed by atoms with Gasteiger partial charge in [-0.05, 0) is 12.8 Å². The molecular weight excluding hydrogens is 269 g/mol. The van der Waals surface area contributed by atoms with Crippen LogP contribution in [-0.2, 0) is 9.59 Å². The van der Waals surface area contributed by atoms with E-state index in [-0.39, 0.29) is 43.8 Å². The normalized spacial score (nSPS) is 9.90. The van der Waals surface area contributed by atoms with Crippen molar-refractivity contribution in [3.8, 4) is 0 Å². The monoisotopic (exact) mass is 295 g/mol. The van der Waals surface area contributed by atoms with Crippen LogP contribution in [0.3, 0.4) is 0 Å². The second-order valence-electron chi connectivity index (χ2n) is 3.91. The third kappa shape index (κ3) is 30.4. The number of rotatable bonds is 9. The fourth-order valence-corrected chi connectivity index (χ4v) is 1.02. The quantitative estimate of drug-likeness (QED) is 0.371. The van der Waals surface area contributed by atoms with Gasteiger partial charge in [0.05, 0.1) is 6.42 Å². The summed E-state index contributed by atoms with van der Waals surface area (Å²) in [5, 5.41) is 16.0. The summed E-state index contributed by atoms with van der Waals surface area (Å²) >= 11 is 0. The molecule has 0 spiro atoms. The van der Waals surface area contributed by atoms with Crippen molar-refractivity contribution in [3.05, 3.63) is 12.3 Å². The molecule has 20 heavy (non-hydrogen) atoms. The zero-order chi connectivity index (χ0) is 14.9. The Morgan fingerprint density at radius 3 is 2.15 bits per heavy atom. The number of aliphatic carboxylic acids is 2. The van der Waals surface area contributed by atoms with Gasteiger partial charge in [0, 0.05) is 18.8 Å². The standard InChI is InChI=1S/C11H19NO2.C3H6O2.Na.H/c1-2-3-4-5-6-7-9-12-10-8-11(13)14;1-2-3(4)5;;/h7,9-10H,2-6,8H2,1H3,(H,13,14);2H2,1H3,(H,4,5);;/q;;+1;-1. The second-order valence-corrected chi connectivity index (χ2v) is 3.91. The number of hydrogen-bond donors (Lipinski definition) is 2. The van der Waals surface area contributed by atoms with Crippen LogP contribution in [0, 0.1) is 0 Å². The number of hydrogen-bond acceptors (Lipinski definition) is 3. The number of carboxylic acid groups (broad SMARTS) is 2. The molecule has 0 aromatic carbocycles. The van der Waals surface area contributed by atoms with E-state index in [1.54, 1.807) is 13.1 Å². The van der Waals surface area contributed by atoms with Crippen molar-refractivity contribution in [3.63, 3.8) is 0 Å². The Kier molecular flexibility index (Phi) is 25.2. The number of unbranched alkanes of at least 4 members (excludes halogenated alkanes) is 4. The summed E-state index contributed by atoms with van der Waals surface area (Å²) in [6.07, 6.45) is 11.3. The van der Waals surface area contributed by atoms with Gasteiger partial charge in [0.15, 0.2) is 0 Å². The summed E-state index contributed by atoms with van der Waals surface area (Å²) in [5.41, 5.74) is 0. The topological polar surface area (TPSA) is 87.0 Å². The molecule has 112 valence electrons. The molecule has 2 N–H and O–H groups in total. The van der Waals surface area contributed by atoms with Crippen LogP contribution in [0.5, 0.6) is 0 Å². The summed E-state index contributed by atoms with van der Waals surface area (Å²) < 4.78 is 0. The maximum atomic E-state index is 10.1. The Morgan fingerprint density at radius 1 is 1.10 bits per heavy atom. The van der Waals surface area contributed by atoms with E-state index in [9.17, 15) is 9.59 Å². The van der Waals surface area contributed by atoms with Gasteiger partial charge >= 0.3 is 41.5 Å². The first-order valence-corrected chi connectivity index (χ1v) is 6.64. The van der Waals surface area contributed by atoms with Gasteiger partial charge in [0.2, 0.25) is 0 Å². The molecule has 5 nitrogen and oxygen atoms in total. The second kappa shape index (κ2) is 20.7. The molecular formula is C14H26NNaO4. The van der Waals surface area contributed by atoms with Crippen LogP contribution in [0.2, 0.25) is 0 Å². The van der Waals surface area contributed by atoms with Crippen LogP contribution in [0.25, 0.3) is 0 Å². The Balaban J connectivity index is -0.000000179. The fourth-order valence-electron chi connectivity index (χ4n) is 1.02. The van der Waals surface area contributed by atoms with Crippen molar-refractivity contribution in [1.82, 2.24) is 0 Å². The van der Waals surface area contributed by atoms with E-state index >= 15 is 0 Å². The molecule has 0 rings (SSSR count).